The molecule has 0 fully saturated rings. The molecule has 0 unspecified atom stereocenters. The molecule has 0 aliphatic heterocycles. The number of furan rings is 1. The van der Waals surface area contributed by atoms with E-state index in [2.05, 4.69) is 217 Å². The maximum Gasteiger partial charge on any atom is 0.164 e. The van der Waals surface area contributed by atoms with E-state index in [9.17, 15) is 0 Å². The highest BCUT2D eigenvalue weighted by Gasteiger charge is 2.24. The smallest absolute Gasteiger partial charge is 0.164 e. The zero-order chi connectivity index (χ0) is 45.9. The SMILES string of the molecule is c1ccc(-c2cc(-c3nc(-c4ccc5c(c4)sc4ccccc45)nc(-c4ccc5c(c4)sc4ccccc45)n3)cc(-c3ccccc3)c2-n2c3ccccc3c3cc4oc5ccccc5c4cc32)cc1. The fraction of sp³-hybridized carbons (Fsp3) is 0. The predicted octanol–water partition coefficient (Wildman–Crippen LogP) is 17.9. The molecule has 15 rings (SSSR count). The molecule has 5 aromatic heterocycles. The van der Waals surface area contributed by atoms with Crippen LogP contribution in [-0.4, -0.2) is 19.5 Å². The third kappa shape index (κ3) is 6.12. The first-order valence-electron chi connectivity index (χ1n) is 23.4. The van der Waals surface area contributed by atoms with E-state index in [4.69, 9.17) is 19.4 Å². The van der Waals surface area contributed by atoms with Crippen LogP contribution in [0.15, 0.2) is 223 Å². The summed E-state index contributed by atoms with van der Waals surface area (Å²) in [5.41, 5.74) is 12.1. The van der Waals surface area contributed by atoms with Gasteiger partial charge in [-0.15, -0.1) is 22.7 Å². The quantitative estimate of drug-likeness (QED) is 0.167. The van der Waals surface area contributed by atoms with Crippen molar-refractivity contribution in [3.8, 4) is 62.1 Å². The first-order valence-corrected chi connectivity index (χ1v) is 25.0. The summed E-state index contributed by atoms with van der Waals surface area (Å²) in [6.07, 6.45) is 0. The highest BCUT2D eigenvalue weighted by atomic mass is 32.1. The van der Waals surface area contributed by atoms with Gasteiger partial charge < -0.3 is 8.98 Å². The Balaban J connectivity index is 1.02. The van der Waals surface area contributed by atoms with Crippen molar-refractivity contribution in [1.82, 2.24) is 19.5 Å². The maximum absolute atomic E-state index is 6.50. The van der Waals surface area contributed by atoms with Crippen molar-refractivity contribution in [2.45, 2.75) is 0 Å². The Hall–Kier alpha value is -8.75. The zero-order valence-corrected chi connectivity index (χ0v) is 38.9. The third-order valence-electron chi connectivity index (χ3n) is 13.8. The van der Waals surface area contributed by atoms with Crippen LogP contribution in [0.3, 0.4) is 0 Å². The minimum absolute atomic E-state index is 0.600. The van der Waals surface area contributed by atoms with E-state index < -0.39 is 0 Å². The van der Waals surface area contributed by atoms with E-state index in [0.29, 0.717) is 17.5 Å². The van der Waals surface area contributed by atoms with E-state index >= 15 is 0 Å². The molecule has 5 nitrogen and oxygen atoms in total. The van der Waals surface area contributed by atoms with Crippen molar-refractivity contribution in [1.29, 1.82) is 0 Å². The Labute approximate surface area is 408 Å². The van der Waals surface area contributed by atoms with Crippen LogP contribution >= 0.6 is 22.7 Å². The topological polar surface area (TPSA) is 56.7 Å². The minimum atomic E-state index is 0.600. The van der Waals surface area contributed by atoms with E-state index in [1.807, 2.05) is 6.07 Å². The second-order valence-electron chi connectivity index (χ2n) is 17.9. The number of rotatable bonds is 6. The van der Waals surface area contributed by atoms with Crippen LogP contribution in [0.5, 0.6) is 0 Å². The second kappa shape index (κ2) is 15.4. The minimum Gasteiger partial charge on any atom is -0.456 e. The molecule has 0 aliphatic carbocycles. The van der Waals surface area contributed by atoms with Crippen LogP contribution in [0.1, 0.15) is 0 Å². The van der Waals surface area contributed by atoms with Gasteiger partial charge in [0.05, 0.1) is 16.7 Å². The molecule has 0 atom stereocenters. The Kier molecular flexibility index (Phi) is 8.63. The van der Waals surface area contributed by atoms with Gasteiger partial charge in [0.2, 0.25) is 0 Å². The molecule has 5 heterocycles. The Morgan fingerprint density at radius 2 is 0.786 bits per heavy atom. The summed E-state index contributed by atoms with van der Waals surface area (Å²) < 4.78 is 13.9. The molecule has 0 radical (unpaired) electrons. The molecule has 0 N–H and O–H groups in total. The van der Waals surface area contributed by atoms with Crippen molar-refractivity contribution in [3.05, 3.63) is 218 Å². The van der Waals surface area contributed by atoms with Crippen molar-refractivity contribution in [2.75, 3.05) is 0 Å². The summed E-state index contributed by atoms with van der Waals surface area (Å²) >= 11 is 3.60. The highest BCUT2D eigenvalue weighted by Crippen LogP contribution is 2.46. The van der Waals surface area contributed by atoms with E-state index in [-0.39, 0.29) is 0 Å². The summed E-state index contributed by atoms with van der Waals surface area (Å²) in [5, 5.41) is 9.44. The van der Waals surface area contributed by atoms with Crippen LogP contribution in [0.25, 0.3) is 146 Å². The molecular formula is C63H36N4OS2. The lowest BCUT2D eigenvalue weighted by molar-refractivity contribution is 0.669. The number of benzene rings is 10. The summed E-state index contributed by atoms with van der Waals surface area (Å²) in [5.74, 6) is 1.85. The zero-order valence-electron chi connectivity index (χ0n) is 37.3. The number of hydrogen-bond acceptors (Lipinski definition) is 6. The Morgan fingerprint density at radius 3 is 1.39 bits per heavy atom. The molecule has 7 heteroatoms. The van der Waals surface area contributed by atoms with Gasteiger partial charge in [-0.1, -0.05) is 158 Å². The Bertz CT molecular complexity index is 4410. The van der Waals surface area contributed by atoms with Crippen LogP contribution in [0.2, 0.25) is 0 Å². The van der Waals surface area contributed by atoms with Crippen LogP contribution in [0.4, 0.5) is 0 Å². The van der Waals surface area contributed by atoms with Crippen LogP contribution in [0, 0.1) is 0 Å². The van der Waals surface area contributed by atoms with Gasteiger partial charge >= 0.3 is 0 Å². The highest BCUT2D eigenvalue weighted by molar-refractivity contribution is 7.26. The largest absolute Gasteiger partial charge is 0.456 e. The lowest BCUT2D eigenvalue weighted by Gasteiger charge is -2.21. The third-order valence-corrected chi connectivity index (χ3v) is 16.1. The molecule has 10 aromatic carbocycles. The summed E-state index contributed by atoms with van der Waals surface area (Å²) in [7, 11) is 0. The van der Waals surface area contributed by atoms with Gasteiger partial charge in [0.1, 0.15) is 11.2 Å². The maximum atomic E-state index is 6.50. The number of nitrogens with zero attached hydrogens (tertiary/aromatic N) is 4. The molecule has 0 spiro atoms. The van der Waals surface area contributed by atoms with Crippen LogP contribution < -0.4 is 0 Å². The van der Waals surface area contributed by atoms with E-state index in [0.717, 1.165) is 88.4 Å². The fourth-order valence-electron chi connectivity index (χ4n) is 10.6. The molecule has 0 saturated carbocycles. The van der Waals surface area contributed by atoms with Gasteiger partial charge in [0, 0.05) is 89.7 Å². The number of fused-ring (bicyclic) bond motifs is 12. The number of thiophene rings is 2. The molecule has 0 saturated heterocycles. The lowest BCUT2D eigenvalue weighted by Crippen LogP contribution is -2.04. The van der Waals surface area contributed by atoms with E-state index in [1.165, 1.54) is 40.3 Å². The van der Waals surface area contributed by atoms with Crippen LogP contribution in [-0.2, 0) is 0 Å². The van der Waals surface area contributed by atoms with Crippen molar-refractivity contribution < 1.29 is 4.42 Å². The molecule has 0 bridgehead atoms. The molecule has 0 amide bonds. The summed E-state index contributed by atoms with van der Waals surface area (Å²) in [4.78, 5) is 16.2. The van der Waals surface area contributed by atoms with Gasteiger partial charge in [-0.05, 0) is 71.8 Å². The molecule has 70 heavy (non-hydrogen) atoms. The predicted molar refractivity (Wildman–Crippen MR) is 294 cm³/mol. The van der Waals surface area contributed by atoms with Crippen molar-refractivity contribution in [3.63, 3.8) is 0 Å². The summed E-state index contributed by atoms with van der Waals surface area (Å²) in [6, 6.07) is 78.1. The first kappa shape index (κ1) is 39.3. The van der Waals surface area contributed by atoms with Gasteiger partial charge in [-0.2, -0.15) is 0 Å². The first-order chi connectivity index (χ1) is 34.7. The molecule has 0 aliphatic rings. The van der Waals surface area contributed by atoms with Gasteiger partial charge in [-0.25, -0.2) is 15.0 Å². The summed E-state index contributed by atoms with van der Waals surface area (Å²) in [6.45, 7) is 0. The lowest BCUT2D eigenvalue weighted by atomic mass is 9.92. The monoisotopic (exact) mass is 928 g/mol. The Morgan fingerprint density at radius 1 is 0.300 bits per heavy atom. The average molecular weight is 929 g/mol. The van der Waals surface area contributed by atoms with Gasteiger partial charge in [0.15, 0.2) is 17.5 Å². The molecular weight excluding hydrogens is 893 g/mol. The number of para-hydroxylation sites is 2. The number of hydrogen-bond donors (Lipinski definition) is 0. The second-order valence-corrected chi connectivity index (χ2v) is 20.1. The normalized spacial score (nSPS) is 12.0. The van der Waals surface area contributed by atoms with Gasteiger partial charge in [-0.3, -0.25) is 0 Å². The van der Waals surface area contributed by atoms with E-state index in [1.54, 1.807) is 22.7 Å². The fourth-order valence-corrected chi connectivity index (χ4v) is 12.9. The van der Waals surface area contributed by atoms with Gasteiger partial charge in [0.25, 0.3) is 0 Å². The molecule has 15 aromatic rings. The van der Waals surface area contributed by atoms with Crippen molar-refractivity contribution in [2.24, 2.45) is 0 Å². The molecule has 326 valence electrons. The van der Waals surface area contributed by atoms with Crippen molar-refractivity contribution >= 4 is 107 Å². The average Bonchev–Trinajstić information content (AvgIpc) is 4.19. The number of aromatic nitrogens is 4. The standard InChI is InChI=1S/C63H36N4OS2/c1-3-15-37(16-4-1)48-31-41(32-49(38-17-5-2-6-18-38)60(48)67-52-23-11-7-19-42(52)50-36-55-51(35-53(50)67)43-20-8-12-24-54(43)68-55)63-65-61(39-27-29-46-44-21-9-13-25-56(44)69-58(46)33-39)64-62(66-63)40-28-30-47-45-22-10-14-26-57(45)70-59(47)34-40/h1-36H.